The number of carbonyl (C=O) groups is 1. The average Bonchev–Trinajstić information content (AvgIpc) is 2.83. The zero-order valence-electron chi connectivity index (χ0n) is 10.6. The van der Waals surface area contributed by atoms with Gasteiger partial charge in [0.15, 0.2) is 5.82 Å². The lowest BCUT2D eigenvalue weighted by Gasteiger charge is -2.14. The van der Waals surface area contributed by atoms with Crippen LogP contribution in [0.4, 0.5) is 0 Å². The number of nitrogens with zero attached hydrogens (tertiary/aromatic N) is 4. The molecule has 0 radical (unpaired) electrons. The summed E-state index contributed by atoms with van der Waals surface area (Å²) < 4.78 is 1.50. The SMILES string of the molecule is CCC(CC(=O)O)n1nnnc1-c1cc(Cl)cc(Cl)c1. The molecule has 2 aromatic rings. The third-order valence-corrected chi connectivity index (χ3v) is 3.28. The van der Waals surface area contributed by atoms with Crippen molar-refractivity contribution in [3.8, 4) is 11.4 Å². The molecule has 0 aliphatic rings. The maximum atomic E-state index is 10.9. The van der Waals surface area contributed by atoms with Gasteiger partial charge in [-0.25, -0.2) is 4.68 Å². The predicted octanol–water partition coefficient (Wildman–Crippen LogP) is 3.07. The summed E-state index contributed by atoms with van der Waals surface area (Å²) in [6, 6.07) is 4.65. The summed E-state index contributed by atoms with van der Waals surface area (Å²) in [7, 11) is 0. The minimum Gasteiger partial charge on any atom is -0.481 e. The van der Waals surface area contributed by atoms with Crippen LogP contribution in [0.15, 0.2) is 18.2 Å². The Kier molecular flexibility index (Phi) is 4.57. The lowest BCUT2D eigenvalue weighted by molar-refractivity contribution is -0.138. The molecule has 0 saturated carbocycles. The summed E-state index contributed by atoms with van der Waals surface area (Å²) in [5, 5.41) is 21.3. The van der Waals surface area contributed by atoms with Gasteiger partial charge in [-0.2, -0.15) is 0 Å². The molecule has 0 aliphatic heterocycles. The number of carboxylic acid groups (broad SMARTS) is 1. The Morgan fingerprint density at radius 1 is 1.35 bits per heavy atom. The van der Waals surface area contributed by atoms with Crippen LogP contribution in [-0.4, -0.2) is 31.3 Å². The van der Waals surface area contributed by atoms with Crippen molar-refractivity contribution in [3.05, 3.63) is 28.2 Å². The molecule has 8 heteroatoms. The minimum absolute atomic E-state index is 0.0527. The van der Waals surface area contributed by atoms with Gasteiger partial charge in [0.25, 0.3) is 0 Å². The Morgan fingerprint density at radius 3 is 2.55 bits per heavy atom. The topological polar surface area (TPSA) is 80.9 Å². The summed E-state index contributed by atoms with van der Waals surface area (Å²) in [6.07, 6.45) is 0.543. The van der Waals surface area contributed by atoms with Gasteiger partial charge in [-0.15, -0.1) is 5.10 Å². The van der Waals surface area contributed by atoms with E-state index in [2.05, 4.69) is 15.5 Å². The van der Waals surface area contributed by atoms with E-state index in [9.17, 15) is 4.79 Å². The molecule has 0 aliphatic carbocycles. The highest BCUT2D eigenvalue weighted by molar-refractivity contribution is 6.35. The van der Waals surface area contributed by atoms with Crippen molar-refractivity contribution in [1.82, 2.24) is 20.2 Å². The van der Waals surface area contributed by atoms with E-state index in [-0.39, 0.29) is 12.5 Å². The van der Waals surface area contributed by atoms with Crippen LogP contribution in [0.5, 0.6) is 0 Å². The van der Waals surface area contributed by atoms with Crippen LogP contribution < -0.4 is 0 Å². The van der Waals surface area contributed by atoms with Crippen molar-refractivity contribution >= 4 is 29.2 Å². The van der Waals surface area contributed by atoms with Crippen LogP contribution in [-0.2, 0) is 4.79 Å². The Balaban J connectivity index is 2.43. The molecule has 1 heterocycles. The number of hydrogen-bond donors (Lipinski definition) is 1. The van der Waals surface area contributed by atoms with Gasteiger partial charge in [0.05, 0.1) is 12.5 Å². The summed E-state index contributed by atoms with van der Waals surface area (Å²) in [5.41, 5.74) is 0.649. The van der Waals surface area contributed by atoms with Gasteiger partial charge in [0.2, 0.25) is 0 Å². The van der Waals surface area contributed by atoms with E-state index >= 15 is 0 Å². The van der Waals surface area contributed by atoms with E-state index < -0.39 is 5.97 Å². The van der Waals surface area contributed by atoms with Crippen molar-refractivity contribution in [3.63, 3.8) is 0 Å². The first-order valence-corrected chi connectivity index (χ1v) is 6.73. The van der Waals surface area contributed by atoms with Crippen LogP contribution in [0.3, 0.4) is 0 Å². The van der Waals surface area contributed by atoms with Gasteiger partial charge in [-0.1, -0.05) is 30.1 Å². The highest BCUT2D eigenvalue weighted by Gasteiger charge is 2.20. The molecule has 1 aromatic carbocycles. The van der Waals surface area contributed by atoms with Gasteiger partial charge in [0.1, 0.15) is 0 Å². The smallest absolute Gasteiger partial charge is 0.305 e. The number of hydrogen-bond acceptors (Lipinski definition) is 4. The molecule has 0 fully saturated rings. The molecule has 0 saturated heterocycles. The highest BCUT2D eigenvalue weighted by Crippen LogP contribution is 2.28. The first kappa shape index (κ1) is 14.7. The van der Waals surface area contributed by atoms with Crippen molar-refractivity contribution in [2.75, 3.05) is 0 Å². The fourth-order valence-corrected chi connectivity index (χ4v) is 2.44. The molecule has 1 unspecified atom stereocenters. The van der Waals surface area contributed by atoms with Crippen LogP contribution in [0, 0.1) is 0 Å². The Labute approximate surface area is 125 Å². The molecule has 0 bridgehead atoms. The first-order valence-electron chi connectivity index (χ1n) is 5.97. The highest BCUT2D eigenvalue weighted by atomic mass is 35.5. The Hall–Kier alpha value is -1.66. The average molecular weight is 315 g/mol. The normalized spacial score (nSPS) is 12.3. The molecule has 0 amide bonds. The summed E-state index contributed by atoms with van der Waals surface area (Å²) in [4.78, 5) is 10.9. The molecule has 1 N–H and O–H groups in total. The lowest BCUT2D eigenvalue weighted by atomic mass is 10.1. The molecular formula is C12H12Cl2N4O2. The van der Waals surface area contributed by atoms with Crippen molar-refractivity contribution in [2.24, 2.45) is 0 Å². The van der Waals surface area contributed by atoms with Crippen LogP contribution >= 0.6 is 23.2 Å². The maximum Gasteiger partial charge on any atom is 0.305 e. The van der Waals surface area contributed by atoms with E-state index in [1.165, 1.54) is 4.68 Å². The summed E-state index contributed by atoms with van der Waals surface area (Å²) in [6.45, 7) is 1.88. The summed E-state index contributed by atoms with van der Waals surface area (Å²) >= 11 is 11.9. The van der Waals surface area contributed by atoms with Gasteiger partial charge in [-0.05, 0) is 35.0 Å². The van der Waals surface area contributed by atoms with Crippen molar-refractivity contribution in [1.29, 1.82) is 0 Å². The zero-order chi connectivity index (χ0) is 14.7. The number of tetrazole rings is 1. The van der Waals surface area contributed by atoms with Gasteiger partial charge >= 0.3 is 5.97 Å². The van der Waals surface area contributed by atoms with E-state index in [4.69, 9.17) is 28.3 Å². The first-order chi connectivity index (χ1) is 9.51. The van der Waals surface area contributed by atoms with E-state index in [1.807, 2.05) is 6.92 Å². The number of carboxylic acids is 1. The number of aromatic nitrogens is 4. The molecular weight excluding hydrogens is 303 g/mol. The van der Waals surface area contributed by atoms with Crippen molar-refractivity contribution < 1.29 is 9.90 Å². The molecule has 106 valence electrons. The van der Waals surface area contributed by atoms with Crippen LogP contribution in [0.1, 0.15) is 25.8 Å². The standard InChI is InChI=1S/C12H12Cl2N4O2/c1-2-10(6-11(19)20)18-12(15-16-17-18)7-3-8(13)5-9(14)4-7/h3-5,10H,2,6H2,1H3,(H,19,20). The van der Waals surface area contributed by atoms with E-state index in [0.717, 1.165) is 0 Å². The summed E-state index contributed by atoms with van der Waals surface area (Å²) in [5.74, 6) is -0.454. The molecule has 1 atom stereocenters. The maximum absolute atomic E-state index is 10.9. The number of aliphatic carboxylic acids is 1. The van der Waals surface area contributed by atoms with E-state index in [0.29, 0.717) is 27.9 Å². The van der Waals surface area contributed by atoms with Crippen LogP contribution in [0.2, 0.25) is 10.0 Å². The molecule has 20 heavy (non-hydrogen) atoms. The molecule has 2 rings (SSSR count). The molecule has 1 aromatic heterocycles. The van der Waals surface area contributed by atoms with Crippen LogP contribution in [0.25, 0.3) is 11.4 Å². The third kappa shape index (κ3) is 3.26. The molecule has 6 nitrogen and oxygen atoms in total. The number of halogens is 2. The Morgan fingerprint density at radius 2 is 2.00 bits per heavy atom. The fourth-order valence-electron chi connectivity index (χ4n) is 1.92. The molecule has 0 spiro atoms. The largest absolute Gasteiger partial charge is 0.481 e. The second-order valence-corrected chi connectivity index (χ2v) is 5.14. The van der Waals surface area contributed by atoms with Gasteiger partial charge in [-0.3, -0.25) is 4.79 Å². The monoisotopic (exact) mass is 314 g/mol. The second-order valence-electron chi connectivity index (χ2n) is 4.27. The third-order valence-electron chi connectivity index (χ3n) is 2.84. The predicted molar refractivity (Wildman–Crippen MR) is 74.9 cm³/mol. The zero-order valence-corrected chi connectivity index (χ0v) is 12.1. The minimum atomic E-state index is -0.901. The van der Waals surface area contributed by atoms with Gasteiger partial charge < -0.3 is 5.11 Å². The number of rotatable bonds is 5. The van der Waals surface area contributed by atoms with E-state index in [1.54, 1.807) is 18.2 Å². The number of benzene rings is 1. The second kappa shape index (κ2) is 6.19. The lowest BCUT2D eigenvalue weighted by Crippen LogP contribution is -2.15. The Bertz CT molecular complexity index is 609. The quantitative estimate of drug-likeness (QED) is 0.917. The van der Waals surface area contributed by atoms with Crippen molar-refractivity contribution in [2.45, 2.75) is 25.8 Å². The fraction of sp³-hybridized carbons (Fsp3) is 0.333. The van der Waals surface area contributed by atoms with Gasteiger partial charge in [0, 0.05) is 15.6 Å².